The van der Waals surface area contributed by atoms with Crippen molar-refractivity contribution in [2.24, 2.45) is 0 Å². The van der Waals surface area contributed by atoms with Gasteiger partial charge < -0.3 is 0 Å². The Balaban J connectivity index is 2.03. The van der Waals surface area contributed by atoms with Gasteiger partial charge in [0.25, 0.3) is 0 Å². The molecule has 36 heavy (non-hydrogen) atoms. The molecule has 0 amide bonds. The van der Waals surface area contributed by atoms with E-state index in [4.69, 9.17) is 20.7 Å². The molecule has 0 aliphatic carbocycles. The molecule has 0 radical (unpaired) electrons. The van der Waals surface area contributed by atoms with Crippen LogP contribution in [0.3, 0.4) is 0 Å². The Morgan fingerprint density at radius 2 is 1.03 bits per heavy atom. The van der Waals surface area contributed by atoms with E-state index in [1.54, 1.807) is 72.8 Å². The fraction of sp³-hybridized carbons (Fsp3) is 0. The fourth-order valence-corrected chi connectivity index (χ4v) is 13.8. The van der Waals surface area contributed by atoms with Crippen molar-refractivity contribution in [1.82, 2.24) is 4.98 Å². The van der Waals surface area contributed by atoms with E-state index in [2.05, 4.69) is 0 Å². The van der Waals surface area contributed by atoms with Crippen LogP contribution in [0.1, 0.15) is 0 Å². The van der Waals surface area contributed by atoms with Crippen molar-refractivity contribution in [3.8, 4) is 10.6 Å². The summed E-state index contributed by atoms with van der Waals surface area (Å²) in [5.41, 5.74) is 1.02. The molecule has 5 nitrogen and oxygen atoms in total. The standard InChI is InChI=1S/C27H20Cl2NO4PS/c28-25-26(30-27(36-25)21-13-5-1-6-14-21)35(34-29(31,32)33,22-15-7-2-8-16-22,23-17-9-3-10-18-23)24-19-11-4-12-20-24/h1-20H. The van der Waals surface area contributed by atoms with Gasteiger partial charge in [0.1, 0.15) is 0 Å². The third-order valence-corrected chi connectivity index (χ3v) is 14.3. The number of hydrogen-bond donors (Lipinski definition) is 0. The van der Waals surface area contributed by atoms with Crippen LogP contribution in [0.5, 0.6) is 0 Å². The Labute approximate surface area is 220 Å². The number of thiazole rings is 1. The summed E-state index contributed by atoms with van der Waals surface area (Å²) < 4.78 is 44.3. The number of benzene rings is 4. The Morgan fingerprint density at radius 1 is 0.639 bits per heavy atom. The van der Waals surface area contributed by atoms with E-state index in [0.717, 1.165) is 5.56 Å². The molecule has 0 saturated heterocycles. The van der Waals surface area contributed by atoms with Crippen molar-refractivity contribution in [3.63, 3.8) is 0 Å². The molecule has 5 aromatic rings. The SMILES string of the molecule is [O-][Cl+3]([O-])([O-])OP(c1ccccc1)(c1ccccc1)(c1ccccc1)c1nc(-c2ccccc2)sc1Cl. The van der Waals surface area contributed by atoms with Gasteiger partial charge in [-0.2, -0.15) is 0 Å². The van der Waals surface area contributed by atoms with Crippen LogP contribution in [0.4, 0.5) is 0 Å². The Morgan fingerprint density at radius 3 is 1.42 bits per heavy atom. The molecule has 0 fully saturated rings. The van der Waals surface area contributed by atoms with E-state index in [1.165, 1.54) is 11.3 Å². The number of halogens is 2. The number of hydrogen-bond acceptors (Lipinski definition) is 6. The zero-order valence-electron chi connectivity index (χ0n) is 18.7. The summed E-state index contributed by atoms with van der Waals surface area (Å²) in [5, 5.41) is 2.04. The molecule has 0 atom stereocenters. The summed E-state index contributed by atoms with van der Waals surface area (Å²) in [6.45, 7) is -4.82. The van der Waals surface area contributed by atoms with Gasteiger partial charge in [0, 0.05) is 0 Å². The van der Waals surface area contributed by atoms with E-state index in [0.29, 0.717) is 20.9 Å². The van der Waals surface area contributed by atoms with E-state index in [1.807, 2.05) is 48.5 Å². The number of aromatic nitrogens is 1. The minimum atomic E-state index is -4.95. The molecule has 0 bridgehead atoms. The van der Waals surface area contributed by atoms with Gasteiger partial charge in [-0.25, -0.2) is 0 Å². The topological polar surface area (TPSA) is 91.3 Å². The Kier molecular flexibility index (Phi) is 6.72. The molecule has 0 aliphatic heterocycles. The predicted octanol–water partition coefficient (Wildman–Crippen LogP) is 2.45. The van der Waals surface area contributed by atoms with E-state index < -0.39 is 17.1 Å². The van der Waals surface area contributed by atoms with Crippen LogP contribution < -0.4 is 35.3 Å². The van der Waals surface area contributed by atoms with Crippen molar-refractivity contribution in [3.05, 3.63) is 126 Å². The van der Waals surface area contributed by atoms with Gasteiger partial charge in [0.05, 0.1) is 0 Å². The minimum absolute atomic E-state index is 0.210. The molecule has 0 aliphatic rings. The predicted molar refractivity (Wildman–Crippen MR) is 138 cm³/mol. The van der Waals surface area contributed by atoms with Gasteiger partial charge in [-0.1, -0.05) is 0 Å². The summed E-state index contributed by atoms with van der Waals surface area (Å²) in [5.74, 6) is 0. The van der Waals surface area contributed by atoms with Gasteiger partial charge in [0.2, 0.25) is 0 Å². The van der Waals surface area contributed by atoms with Crippen LogP contribution in [0.15, 0.2) is 121 Å². The Bertz CT molecular complexity index is 1360. The summed E-state index contributed by atoms with van der Waals surface area (Å²) in [6, 6.07) is 36.1. The second-order valence-electron chi connectivity index (χ2n) is 7.97. The average Bonchev–Trinajstić information content (AvgIpc) is 3.31. The maximum absolute atomic E-state index is 12.7. The molecule has 1 heterocycles. The molecule has 5 rings (SSSR count). The van der Waals surface area contributed by atoms with Crippen molar-refractivity contribution in [2.75, 3.05) is 0 Å². The first-order chi connectivity index (χ1) is 17.3. The first-order valence-corrected chi connectivity index (χ1v) is 15.5. The van der Waals surface area contributed by atoms with Crippen molar-refractivity contribution in [2.45, 2.75) is 0 Å². The quantitative estimate of drug-likeness (QED) is 0.288. The third kappa shape index (κ3) is 4.06. The first-order valence-electron chi connectivity index (χ1n) is 10.9. The van der Waals surface area contributed by atoms with Gasteiger partial charge in [0.15, 0.2) is 0 Å². The summed E-state index contributed by atoms with van der Waals surface area (Å²) in [6.07, 6.45) is 0. The molecule has 1 aromatic heterocycles. The van der Waals surface area contributed by atoms with Gasteiger partial charge >= 0.3 is 221 Å². The van der Waals surface area contributed by atoms with E-state index in [9.17, 15) is 14.0 Å². The molecular weight excluding hydrogens is 536 g/mol. The van der Waals surface area contributed by atoms with Crippen LogP contribution in [0, 0.1) is 10.2 Å². The van der Waals surface area contributed by atoms with Gasteiger partial charge in [-0.15, -0.1) is 0 Å². The van der Waals surface area contributed by atoms with E-state index >= 15 is 0 Å². The van der Waals surface area contributed by atoms with Crippen LogP contribution in [-0.4, -0.2) is 4.98 Å². The zero-order valence-corrected chi connectivity index (χ0v) is 22.0. The molecule has 0 spiro atoms. The van der Waals surface area contributed by atoms with Crippen LogP contribution >= 0.6 is 29.8 Å². The van der Waals surface area contributed by atoms with Crippen LogP contribution in [0.25, 0.3) is 10.6 Å². The molecule has 182 valence electrons. The molecule has 0 saturated carbocycles. The second kappa shape index (κ2) is 9.67. The van der Waals surface area contributed by atoms with Crippen LogP contribution in [-0.2, 0) is 4.08 Å². The summed E-state index contributed by atoms with van der Waals surface area (Å²) in [4.78, 5) is 4.95. The van der Waals surface area contributed by atoms with Crippen molar-refractivity contribution in [1.29, 1.82) is 0 Å². The molecular formula is C27H20Cl2NO4PS. The fourth-order valence-electron chi connectivity index (χ4n) is 4.53. The summed E-state index contributed by atoms with van der Waals surface area (Å²) in [7, 11) is -4.95. The van der Waals surface area contributed by atoms with Gasteiger partial charge in [-0.3, -0.25) is 0 Å². The molecule has 9 heteroatoms. The Hall–Kier alpha value is -2.64. The molecule has 0 N–H and O–H groups in total. The number of rotatable bonds is 7. The summed E-state index contributed by atoms with van der Waals surface area (Å²) >= 11 is 8.17. The zero-order chi connectivity index (χ0) is 25.3. The number of nitrogens with zero attached hydrogens (tertiary/aromatic N) is 1. The van der Waals surface area contributed by atoms with Crippen molar-refractivity contribution < 1.29 is 28.3 Å². The molecule has 4 aromatic carbocycles. The first kappa shape index (κ1) is 25.0. The van der Waals surface area contributed by atoms with E-state index in [-0.39, 0.29) is 9.77 Å². The second-order valence-corrected chi connectivity index (χ2v) is 14.9. The molecule has 0 unspecified atom stereocenters. The van der Waals surface area contributed by atoms with Gasteiger partial charge in [-0.05, 0) is 0 Å². The van der Waals surface area contributed by atoms with Crippen molar-refractivity contribution >= 4 is 51.1 Å². The maximum atomic E-state index is 12.7. The van der Waals surface area contributed by atoms with Crippen LogP contribution in [0.2, 0.25) is 4.34 Å². The normalized spacial score (nSPS) is 13.2. The third-order valence-electron chi connectivity index (χ3n) is 5.96. The monoisotopic (exact) mass is 555 g/mol. The average molecular weight is 556 g/mol.